The van der Waals surface area contributed by atoms with E-state index in [0.29, 0.717) is 18.0 Å². The highest BCUT2D eigenvalue weighted by atomic mass is 19.1. The Labute approximate surface area is 114 Å². The second-order valence-corrected chi connectivity index (χ2v) is 4.95. The highest BCUT2D eigenvalue weighted by molar-refractivity contribution is 5.65. The molecule has 0 radical (unpaired) electrons. The fraction of sp³-hybridized carbons (Fsp3) is 0.294. The number of benzene rings is 2. The third-order valence-electron chi connectivity index (χ3n) is 3.67. The van der Waals surface area contributed by atoms with E-state index in [9.17, 15) is 4.39 Å². The molecule has 0 fully saturated rings. The monoisotopic (exact) mass is 257 g/mol. The van der Waals surface area contributed by atoms with Crippen LogP contribution < -0.4 is 5.73 Å². The van der Waals surface area contributed by atoms with Crippen molar-refractivity contribution in [1.29, 1.82) is 0 Å². The van der Waals surface area contributed by atoms with Gasteiger partial charge in [0.2, 0.25) is 0 Å². The molecule has 0 aromatic heterocycles. The molecule has 0 saturated heterocycles. The van der Waals surface area contributed by atoms with Crippen LogP contribution in [0.25, 0.3) is 11.1 Å². The molecule has 2 aromatic rings. The van der Waals surface area contributed by atoms with Gasteiger partial charge in [-0.05, 0) is 41.2 Å². The third kappa shape index (κ3) is 3.02. The van der Waals surface area contributed by atoms with Crippen molar-refractivity contribution in [2.45, 2.75) is 32.7 Å². The minimum Gasteiger partial charge on any atom is -0.326 e. The second-order valence-electron chi connectivity index (χ2n) is 4.95. The zero-order valence-electron chi connectivity index (χ0n) is 11.5. The van der Waals surface area contributed by atoms with Crippen molar-refractivity contribution in [3.05, 3.63) is 59.4 Å². The first kappa shape index (κ1) is 13.8. The number of rotatable bonds is 4. The molecule has 1 nitrogen and oxygen atoms in total. The highest BCUT2D eigenvalue weighted by Gasteiger charge is 2.07. The van der Waals surface area contributed by atoms with Gasteiger partial charge >= 0.3 is 0 Å². The van der Waals surface area contributed by atoms with Gasteiger partial charge in [0.15, 0.2) is 0 Å². The van der Waals surface area contributed by atoms with Gasteiger partial charge in [-0.25, -0.2) is 4.39 Å². The molecular weight excluding hydrogens is 237 g/mol. The summed E-state index contributed by atoms with van der Waals surface area (Å²) >= 11 is 0. The smallest absolute Gasteiger partial charge is 0.131 e. The van der Waals surface area contributed by atoms with Crippen LogP contribution in [0.3, 0.4) is 0 Å². The molecule has 0 aliphatic carbocycles. The third-order valence-corrected chi connectivity index (χ3v) is 3.67. The first-order valence-electron chi connectivity index (χ1n) is 6.74. The maximum atomic E-state index is 13.9. The Morgan fingerprint density at radius 1 is 1.11 bits per heavy atom. The molecule has 19 heavy (non-hydrogen) atoms. The van der Waals surface area contributed by atoms with Crippen LogP contribution in [0.15, 0.2) is 42.5 Å². The quantitative estimate of drug-likeness (QED) is 0.859. The molecule has 0 heterocycles. The van der Waals surface area contributed by atoms with E-state index in [1.807, 2.05) is 18.2 Å². The zero-order chi connectivity index (χ0) is 13.8. The van der Waals surface area contributed by atoms with Crippen LogP contribution in [0.4, 0.5) is 4.39 Å². The van der Waals surface area contributed by atoms with E-state index in [1.54, 1.807) is 6.07 Å². The lowest BCUT2D eigenvalue weighted by atomic mass is 9.95. The SMILES string of the molecule is CCC(C)c1ccc(-c2cc(CN)ccc2F)cc1. The maximum absolute atomic E-state index is 13.9. The van der Waals surface area contributed by atoms with Gasteiger partial charge in [0.1, 0.15) is 5.82 Å². The molecular formula is C17H20FN. The molecule has 1 unspecified atom stereocenters. The molecule has 0 bridgehead atoms. The summed E-state index contributed by atoms with van der Waals surface area (Å²) in [6.45, 7) is 4.80. The van der Waals surface area contributed by atoms with Gasteiger partial charge in [0, 0.05) is 12.1 Å². The molecule has 0 aliphatic rings. The van der Waals surface area contributed by atoms with Gasteiger partial charge in [-0.2, -0.15) is 0 Å². The summed E-state index contributed by atoms with van der Waals surface area (Å²) in [5.74, 6) is 0.336. The standard InChI is InChI=1S/C17H20FN/c1-3-12(2)14-5-7-15(8-6-14)16-10-13(11-19)4-9-17(16)18/h4-10,12H,3,11,19H2,1-2H3. The van der Waals surface area contributed by atoms with E-state index in [1.165, 1.54) is 11.6 Å². The predicted molar refractivity (Wildman–Crippen MR) is 78.4 cm³/mol. The summed E-state index contributed by atoms with van der Waals surface area (Å²) in [7, 11) is 0. The van der Waals surface area contributed by atoms with Crippen molar-refractivity contribution >= 4 is 0 Å². The van der Waals surface area contributed by atoms with Crippen LogP contribution in [-0.4, -0.2) is 0 Å². The van der Waals surface area contributed by atoms with E-state index in [4.69, 9.17) is 5.73 Å². The van der Waals surface area contributed by atoms with Crippen LogP contribution in [-0.2, 0) is 6.54 Å². The van der Waals surface area contributed by atoms with Crippen molar-refractivity contribution in [2.24, 2.45) is 5.73 Å². The second kappa shape index (κ2) is 5.98. The minimum atomic E-state index is -0.200. The summed E-state index contributed by atoms with van der Waals surface area (Å²) < 4.78 is 13.9. The maximum Gasteiger partial charge on any atom is 0.131 e. The van der Waals surface area contributed by atoms with Gasteiger partial charge in [-0.3, -0.25) is 0 Å². The summed E-state index contributed by atoms with van der Waals surface area (Å²) in [5, 5.41) is 0. The van der Waals surface area contributed by atoms with E-state index in [-0.39, 0.29) is 5.82 Å². The van der Waals surface area contributed by atoms with E-state index in [2.05, 4.69) is 26.0 Å². The topological polar surface area (TPSA) is 26.0 Å². The van der Waals surface area contributed by atoms with Gasteiger partial charge < -0.3 is 5.73 Å². The van der Waals surface area contributed by atoms with Crippen LogP contribution in [0.1, 0.15) is 37.3 Å². The minimum absolute atomic E-state index is 0.200. The zero-order valence-corrected chi connectivity index (χ0v) is 11.5. The van der Waals surface area contributed by atoms with Crippen molar-refractivity contribution < 1.29 is 4.39 Å². The molecule has 2 aromatic carbocycles. The summed E-state index contributed by atoms with van der Waals surface area (Å²) in [6, 6.07) is 13.2. The van der Waals surface area contributed by atoms with Crippen molar-refractivity contribution in [3.63, 3.8) is 0 Å². The Bertz CT molecular complexity index is 546. The summed E-state index contributed by atoms with van der Waals surface area (Å²) in [4.78, 5) is 0. The van der Waals surface area contributed by atoms with E-state index in [0.717, 1.165) is 17.5 Å². The number of hydrogen-bond acceptors (Lipinski definition) is 1. The molecule has 2 rings (SSSR count). The lowest BCUT2D eigenvalue weighted by Gasteiger charge is -2.11. The summed E-state index contributed by atoms with van der Waals surface area (Å²) in [6.07, 6.45) is 1.11. The van der Waals surface area contributed by atoms with Gasteiger partial charge in [0.25, 0.3) is 0 Å². The predicted octanol–water partition coefficient (Wildman–Crippen LogP) is 4.46. The number of nitrogens with two attached hydrogens (primary N) is 1. The Morgan fingerprint density at radius 2 is 1.79 bits per heavy atom. The molecule has 1 atom stereocenters. The Hall–Kier alpha value is -1.67. The lowest BCUT2D eigenvalue weighted by Crippen LogP contribution is -1.97. The van der Waals surface area contributed by atoms with Gasteiger partial charge in [-0.1, -0.05) is 44.2 Å². The lowest BCUT2D eigenvalue weighted by molar-refractivity contribution is 0.630. The normalized spacial score (nSPS) is 12.4. The van der Waals surface area contributed by atoms with Crippen molar-refractivity contribution in [3.8, 4) is 11.1 Å². The average molecular weight is 257 g/mol. The fourth-order valence-electron chi connectivity index (χ4n) is 2.15. The van der Waals surface area contributed by atoms with Crippen LogP contribution in [0, 0.1) is 5.82 Å². The Morgan fingerprint density at radius 3 is 2.37 bits per heavy atom. The molecule has 2 N–H and O–H groups in total. The highest BCUT2D eigenvalue weighted by Crippen LogP contribution is 2.26. The van der Waals surface area contributed by atoms with Crippen LogP contribution >= 0.6 is 0 Å². The van der Waals surface area contributed by atoms with Crippen LogP contribution in [0.2, 0.25) is 0 Å². The van der Waals surface area contributed by atoms with E-state index >= 15 is 0 Å². The van der Waals surface area contributed by atoms with Gasteiger partial charge in [-0.15, -0.1) is 0 Å². The molecule has 0 saturated carbocycles. The molecule has 2 heteroatoms. The molecule has 0 spiro atoms. The van der Waals surface area contributed by atoms with Crippen molar-refractivity contribution in [1.82, 2.24) is 0 Å². The molecule has 0 aliphatic heterocycles. The van der Waals surface area contributed by atoms with E-state index < -0.39 is 0 Å². The van der Waals surface area contributed by atoms with Crippen LogP contribution in [0.5, 0.6) is 0 Å². The Balaban J connectivity index is 2.36. The first-order chi connectivity index (χ1) is 9.15. The summed E-state index contributed by atoms with van der Waals surface area (Å²) in [5.41, 5.74) is 9.37. The largest absolute Gasteiger partial charge is 0.326 e. The molecule has 100 valence electrons. The first-order valence-corrected chi connectivity index (χ1v) is 6.74. The van der Waals surface area contributed by atoms with Gasteiger partial charge in [0.05, 0.1) is 0 Å². The Kier molecular flexibility index (Phi) is 4.33. The fourth-order valence-corrected chi connectivity index (χ4v) is 2.15. The molecule has 0 amide bonds. The number of hydrogen-bond donors (Lipinski definition) is 1. The average Bonchev–Trinajstić information content (AvgIpc) is 2.47. The van der Waals surface area contributed by atoms with Crippen molar-refractivity contribution in [2.75, 3.05) is 0 Å². The number of halogens is 1.